The van der Waals surface area contributed by atoms with Crippen LogP contribution in [0.3, 0.4) is 0 Å². The van der Waals surface area contributed by atoms with E-state index in [2.05, 4.69) is 21.9 Å². The first-order valence-electron chi connectivity index (χ1n) is 13.4. The second-order valence-corrected chi connectivity index (χ2v) is 10.6. The van der Waals surface area contributed by atoms with Gasteiger partial charge in [0.15, 0.2) is 0 Å². The number of nitrogens with zero attached hydrogens (tertiary/aromatic N) is 3. The van der Waals surface area contributed by atoms with Crippen molar-refractivity contribution in [2.75, 3.05) is 36.0 Å². The molecule has 5 heteroatoms. The molecule has 7 rings (SSSR count). The number of amides is 1. The number of rotatable bonds is 2. The molecule has 0 bridgehead atoms. The maximum Gasteiger partial charge on any atom is 0.246 e. The molecule has 176 valence electrons. The average Bonchev–Trinajstić information content (AvgIpc) is 2.86. The van der Waals surface area contributed by atoms with E-state index in [1.165, 1.54) is 46.5 Å². The lowest BCUT2D eigenvalue weighted by molar-refractivity contribution is -0.118. The number of aryl methyl sites for hydroxylation is 4. The minimum atomic E-state index is -0.0164. The highest BCUT2D eigenvalue weighted by Gasteiger charge is 2.30. The minimum absolute atomic E-state index is 0.0164. The fourth-order valence-electron chi connectivity index (χ4n) is 7.01. The zero-order valence-corrected chi connectivity index (χ0v) is 20.2. The molecule has 0 saturated heterocycles. The third-order valence-corrected chi connectivity index (χ3v) is 8.36. The van der Waals surface area contributed by atoms with Gasteiger partial charge < -0.3 is 14.2 Å². The van der Waals surface area contributed by atoms with Gasteiger partial charge in [-0.1, -0.05) is 6.92 Å². The van der Waals surface area contributed by atoms with Crippen LogP contribution in [0, 0.1) is 0 Å². The van der Waals surface area contributed by atoms with Gasteiger partial charge in [-0.25, -0.2) is 4.99 Å². The minimum Gasteiger partial charge on any atom is -0.455 e. The van der Waals surface area contributed by atoms with E-state index in [9.17, 15) is 4.79 Å². The quantitative estimate of drug-likeness (QED) is 0.498. The Bertz CT molecular complexity index is 1320. The molecule has 0 saturated carbocycles. The van der Waals surface area contributed by atoms with Crippen LogP contribution in [-0.2, 0) is 30.5 Å². The molecule has 5 heterocycles. The van der Waals surface area contributed by atoms with Gasteiger partial charge in [-0.3, -0.25) is 4.79 Å². The van der Waals surface area contributed by atoms with Crippen LogP contribution in [0.1, 0.15) is 67.7 Å². The number of anilines is 2. The molecule has 0 spiro atoms. The van der Waals surface area contributed by atoms with Crippen LogP contribution in [0.2, 0.25) is 0 Å². The van der Waals surface area contributed by atoms with Crippen molar-refractivity contribution >= 4 is 39.2 Å². The Balaban J connectivity index is 1.64. The standard InChI is InChI=1S/C29H33N3O2/c1-2-7-24(33)30-25-22-16-18-8-3-12-31-14-5-10-20(26(18)31)28(22)34-29-21-11-6-15-32-13-4-9-19(27(21)32)17-23(25)29/h16-17H,2-15H2,1H3. The predicted molar refractivity (Wildman–Crippen MR) is 137 cm³/mol. The molecule has 34 heavy (non-hydrogen) atoms. The van der Waals surface area contributed by atoms with Gasteiger partial charge in [0.05, 0.1) is 5.36 Å². The zero-order chi connectivity index (χ0) is 22.8. The summed E-state index contributed by atoms with van der Waals surface area (Å²) in [4.78, 5) is 22.8. The van der Waals surface area contributed by atoms with Crippen LogP contribution in [0.25, 0.3) is 21.9 Å². The van der Waals surface area contributed by atoms with E-state index >= 15 is 0 Å². The SMILES string of the molecule is CCCC(=O)N=c1c2cc3c4c(c2oc2c5c6c(cc12)CCCN6CCC5)CCCN4CCC3. The van der Waals surface area contributed by atoms with Gasteiger partial charge in [-0.2, -0.15) is 0 Å². The van der Waals surface area contributed by atoms with E-state index in [1.54, 1.807) is 0 Å². The molecule has 0 N–H and O–H groups in total. The third-order valence-electron chi connectivity index (χ3n) is 8.36. The van der Waals surface area contributed by atoms with Crippen molar-refractivity contribution in [1.82, 2.24) is 0 Å². The molecule has 0 unspecified atom stereocenters. The Labute approximate surface area is 200 Å². The van der Waals surface area contributed by atoms with Crippen molar-refractivity contribution < 1.29 is 9.21 Å². The Morgan fingerprint density at radius 1 is 0.824 bits per heavy atom. The largest absolute Gasteiger partial charge is 0.455 e. The van der Waals surface area contributed by atoms with E-state index in [4.69, 9.17) is 9.41 Å². The maximum absolute atomic E-state index is 12.9. The molecule has 1 amide bonds. The lowest BCUT2D eigenvalue weighted by atomic mass is 9.87. The summed E-state index contributed by atoms with van der Waals surface area (Å²) in [5.41, 5.74) is 10.3. The highest BCUT2D eigenvalue weighted by Crippen LogP contribution is 2.43. The van der Waals surface area contributed by atoms with Gasteiger partial charge in [0.2, 0.25) is 5.91 Å². The number of hydrogen-bond donors (Lipinski definition) is 0. The second kappa shape index (κ2) is 7.86. The fraction of sp³-hybridized carbons (Fsp3) is 0.517. The topological polar surface area (TPSA) is 49.1 Å². The Kier molecular flexibility index (Phi) is 4.75. The van der Waals surface area contributed by atoms with Gasteiger partial charge in [-0.15, -0.1) is 0 Å². The molecule has 0 aliphatic carbocycles. The molecule has 2 aromatic carbocycles. The maximum atomic E-state index is 12.9. The molecular weight excluding hydrogens is 422 g/mol. The number of carbonyl (C=O) groups is 1. The summed E-state index contributed by atoms with van der Waals surface area (Å²) >= 11 is 0. The Morgan fingerprint density at radius 2 is 1.32 bits per heavy atom. The summed E-state index contributed by atoms with van der Waals surface area (Å²) in [5.74, 6) is -0.0164. The van der Waals surface area contributed by atoms with Crippen LogP contribution >= 0.6 is 0 Å². The highest BCUT2D eigenvalue weighted by atomic mass is 16.3. The van der Waals surface area contributed by atoms with Gasteiger partial charge in [0, 0.05) is 65.9 Å². The summed E-state index contributed by atoms with van der Waals surface area (Å²) < 4.78 is 6.94. The van der Waals surface area contributed by atoms with Gasteiger partial charge in [0.25, 0.3) is 0 Å². The lowest BCUT2D eigenvalue weighted by Gasteiger charge is -2.38. The summed E-state index contributed by atoms with van der Waals surface area (Å²) in [6, 6.07) is 4.62. The van der Waals surface area contributed by atoms with E-state index < -0.39 is 0 Å². The molecule has 0 fully saturated rings. The molecule has 4 aliphatic rings. The molecule has 0 atom stereocenters. The van der Waals surface area contributed by atoms with Gasteiger partial charge in [0.1, 0.15) is 11.2 Å². The lowest BCUT2D eigenvalue weighted by Crippen LogP contribution is -2.35. The first-order chi connectivity index (χ1) is 16.7. The second-order valence-electron chi connectivity index (χ2n) is 10.6. The van der Waals surface area contributed by atoms with E-state index in [1.807, 2.05) is 6.92 Å². The van der Waals surface area contributed by atoms with Crippen LogP contribution in [0.4, 0.5) is 11.4 Å². The van der Waals surface area contributed by atoms with Crippen molar-refractivity contribution in [2.45, 2.75) is 71.1 Å². The molecular formula is C29H33N3O2. The van der Waals surface area contributed by atoms with Gasteiger partial charge >= 0.3 is 0 Å². The van der Waals surface area contributed by atoms with Crippen LogP contribution in [0.15, 0.2) is 21.5 Å². The first-order valence-corrected chi connectivity index (χ1v) is 13.4. The molecule has 1 aromatic heterocycles. The number of hydrogen-bond acceptors (Lipinski definition) is 4. The van der Waals surface area contributed by atoms with Crippen LogP contribution in [0.5, 0.6) is 0 Å². The number of fused-ring (bicyclic) bond motifs is 4. The molecule has 3 aromatic rings. The van der Waals surface area contributed by atoms with E-state index in [0.717, 1.165) is 98.4 Å². The van der Waals surface area contributed by atoms with Crippen LogP contribution < -0.4 is 15.2 Å². The smallest absolute Gasteiger partial charge is 0.246 e. The number of benzene rings is 2. The van der Waals surface area contributed by atoms with Crippen LogP contribution in [-0.4, -0.2) is 32.1 Å². The summed E-state index contributed by atoms with van der Waals surface area (Å²) in [6.07, 6.45) is 10.3. The van der Waals surface area contributed by atoms with Crippen molar-refractivity contribution in [1.29, 1.82) is 0 Å². The zero-order valence-electron chi connectivity index (χ0n) is 20.2. The van der Waals surface area contributed by atoms with E-state index in [0.29, 0.717) is 6.42 Å². The first kappa shape index (κ1) is 20.5. The van der Waals surface area contributed by atoms with Gasteiger partial charge in [-0.05, 0) is 81.0 Å². The monoisotopic (exact) mass is 455 g/mol. The van der Waals surface area contributed by atoms with Crippen molar-refractivity contribution in [3.63, 3.8) is 0 Å². The predicted octanol–water partition coefficient (Wildman–Crippen LogP) is 5.21. The van der Waals surface area contributed by atoms with Crippen molar-refractivity contribution in [3.8, 4) is 0 Å². The Morgan fingerprint density at radius 3 is 1.82 bits per heavy atom. The average molecular weight is 456 g/mol. The molecule has 5 nitrogen and oxygen atoms in total. The summed E-state index contributed by atoms with van der Waals surface area (Å²) in [6.45, 7) is 6.60. The van der Waals surface area contributed by atoms with Crippen molar-refractivity contribution in [3.05, 3.63) is 39.7 Å². The normalized spacial score (nSPS) is 18.7. The Hall–Kier alpha value is -2.82. The van der Waals surface area contributed by atoms with Crippen molar-refractivity contribution in [2.24, 2.45) is 4.99 Å². The highest BCUT2D eigenvalue weighted by molar-refractivity contribution is 5.99. The molecule has 0 radical (unpaired) electrons. The summed E-state index contributed by atoms with van der Waals surface area (Å²) in [5, 5.41) is 2.95. The fourth-order valence-corrected chi connectivity index (χ4v) is 7.01. The summed E-state index contributed by atoms with van der Waals surface area (Å²) in [7, 11) is 0. The third kappa shape index (κ3) is 2.98. The van der Waals surface area contributed by atoms with E-state index in [-0.39, 0.29) is 5.91 Å². The number of carbonyl (C=O) groups excluding carboxylic acids is 1. The molecule has 4 aliphatic heterocycles.